The summed E-state index contributed by atoms with van der Waals surface area (Å²) < 4.78 is 5.51. The van der Waals surface area contributed by atoms with Gasteiger partial charge in [-0.25, -0.2) is 0 Å². The van der Waals surface area contributed by atoms with Crippen LogP contribution in [0.4, 0.5) is 5.69 Å². The Morgan fingerprint density at radius 1 is 1.27 bits per heavy atom. The van der Waals surface area contributed by atoms with E-state index in [4.69, 9.17) is 9.84 Å². The van der Waals surface area contributed by atoms with Gasteiger partial charge in [-0.15, -0.1) is 0 Å². The van der Waals surface area contributed by atoms with E-state index in [0.717, 1.165) is 29.7 Å². The topological polar surface area (TPSA) is 94.6 Å². The second-order valence-electron chi connectivity index (χ2n) is 6.78. The number of ether oxygens (including phenoxy) is 1. The van der Waals surface area contributed by atoms with Gasteiger partial charge in [0.2, 0.25) is 0 Å². The Balaban J connectivity index is 1.65. The summed E-state index contributed by atoms with van der Waals surface area (Å²) >= 11 is 0. The number of aliphatic hydroxyl groups is 2. The SMILES string of the molecule is O=C1Nc2ccc(OCC(O)CO)cc2C1=Cc1c[nH]c2c1CCCC2. The molecule has 1 aliphatic heterocycles. The highest BCUT2D eigenvalue weighted by Gasteiger charge is 2.26. The normalized spacial score (nSPS) is 18.4. The van der Waals surface area contributed by atoms with E-state index in [1.54, 1.807) is 18.2 Å². The summed E-state index contributed by atoms with van der Waals surface area (Å²) in [5.74, 6) is 0.424. The first kappa shape index (κ1) is 16.9. The Morgan fingerprint density at radius 3 is 2.96 bits per heavy atom. The first-order chi connectivity index (χ1) is 12.7. The van der Waals surface area contributed by atoms with Crippen LogP contribution in [0.5, 0.6) is 5.75 Å². The molecule has 2 aromatic rings. The van der Waals surface area contributed by atoms with Gasteiger partial charge in [0.15, 0.2) is 0 Å². The van der Waals surface area contributed by atoms with Gasteiger partial charge in [0.05, 0.1) is 6.61 Å². The van der Waals surface area contributed by atoms with Crippen LogP contribution in [0.25, 0.3) is 11.6 Å². The zero-order valence-electron chi connectivity index (χ0n) is 14.4. The summed E-state index contributed by atoms with van der Waals surface area (Å²) in [5, 5.41) is 21.2. The molecule has 6 heteroatoms. The maximum atomic E-state index is 12.4. The molecular weight excluding hydrogens is 332 g/mol. The molecule has 1 amide bonds. The van der Waals surface area contributed by atoms with Crippen LogP contribution in [0.15, 0.2) is 24.4 Å². The van der Waals surface area contributed by atoms with Crippen molar-refractivity contribution in [1.82, 2.24) is 4.98 Å². The number of aliphatic hydroxyl groups excluding tert-OH is 2. The number of hydrogen-bond donors (Lipinski definition) is 4. The minimum Gasteiger partial charge on any atom is -0.491 e. The van der Waals surface area contributed by atoms with Crippen LogP contribution in [-0.4, -0.2) is 40.4 Å². The van der Waals surface area contributed by atoms with Gasteiger partial charge in [0.1, 0.15) is 18.5 Å². The van der Waals surface area contributed by atoms with E-state index in [9.17, 15) is 9.90 Å². The number of benzene rings is 1. The zero-order chi connectivity index (χ0) is 18.1. The van der Waals surface area contributed by atoms with Gasteiger partial charge >= 0.3 is 0 Å². The molecule has 0 bridgehead atoms. The number of anilines is 1. The van der Waals surface area contributed by atoms with Crippen molar-refractivity contribution in [3.05, 3.63) is 46.8 Å². The van der Waals surface area contributed by atoms with Crippen molar-refractivity contribution in [3.8, 4) is 5.75 Å². The molecule has 0 spiro atoms. The zero-order valence-corrected chi connectivity index (χ0v) is 14.4. The lowest BCUT2D eigenvalue weighted by molar-refractivity contribution is -0.110. The van der Waals surface area contributed by atoms with Crippen LogP contribution in [0.1, 0.15) is 35.2 Å². The smallest absolute Gasteiger partial charge is 0.256 e. The molecule has 1 aromatic heterocycles. The molecule has 0 radical (unpaired) electrons. The third-order valence-corrected chi connectivity index (χ3v) is 4.95. The van der Waals surface area contributed by atoms with E-state index < -0.39 is 6.10 Å². The molecule has 2 aliphatic rings. The lowest BCUT2D eigenvalue weighted by Crippen LogP contribution is -2.21. The fourth-order valence-electron chi connectivity index (χ4n) is 3.56. The minimum absolute atomic E-state index is 0.00102. The molecule has 2 heterocycles. The standard InChI is InChI=1S/C20H22N2O4/c23-10-13(24)11-26-14-5-6-19-16(8-14)17(20(25)22-19)7-12-9-21-18-4-2-1-3-15(12)18/h5-9,13,21,23-24H,1-4,10-11H2,(H,22,25). The van der Waals surface area contributed by atoms with Crippen molar-refractivity contribution in [1.29, 1.82) is 0 Å². The lowest BCUT2D eigenvalue weighted by Gasteiger charge is -2.12. The highest BCUT2D eigenvalue weighted by Crippen LogP contribution is 2.37. The van der Waals surface area contributed by atoms with Crippen molar-refractivity contribution in [3.63, 3.8) is 0 Å². The molecule has 1 atom stereocenters. The molecule has 1 aliphatic carbocycles. The first-order valence-corrected chi connectivity index (χ1v) is 8.94. The quantitative estimate of drug-likeness (QED) is 0.619. The van der Waals surface area contributed by atoms with Crippen molar-refractivity contribution >= 4 is 23.2 Å². The number of aromatic amines is 1. The Bertz CT molecular complexity index is 869. The number of hydrogen-bond acceptors (Lipinski definition) is 4. The van der Waals surface area contributed by atoms with Gasteiger partial charge in [-0.2, -0.15) is 0 Å². The predicted octanol–water partition coefficient (Wildman–Crippen LogP) is 2.12. The van der Waals surface area contributed by atoms with Crippen molar-refractivity contribution in [2.75, 3.05) is 18.5 Å². The summed E-state index contributed by atoms with van der Waals surface area (Å²) in [4.78, 5) is 15.8. The maximum Gasteiger partial charge on any atom is 0.256 e. The maximum absolute atomic E-state index is 12.4. The number of amides is 1. The number of nitrogens with one attached hydrogen (secondary N) is 2. The molecule has 1 aromatic carbocycles. The molecule has 4 N–H and O–H groups in total. The van der Waals surface area contributed by atoms with E-state index in [0.29, 0.717) is 11.3 Å². The van der Waals surface area contributed by atoms with E-state index in [-0.39, 0.29) is 19.1 Å². The number of aromatic nitrogens is 1. The summed E-state index contributed by atoms with van der Waals surface area (Å²) in [6.07, 6.45) is 7.47. The second-order valence-corrected chi connectivity index (χ2v) is 6.78. The summed E-state index contributed by atoms with van der Waals surface area (Å²) in [6.45, 7) is -0.351. The molecule has 136 valence electrons. The van der Waals surface area contributed by atoms with E-state index in [1.807, 2.05) is 12.3 Å². The largest absolute Gasteiger partial charge is 0.491 e. The highest BCUT2D eigenvalue weighted by molar-refractivity contribution is 6.35. The fourth-order valence-corrected chi connectivity index (χ4v) is 3.56. The molecule has 26 heavy (non-hydrogen) atoms. The predicted molar refractivity (Wildman–Crippen MR) is 99.0 cm³/mol. The Morgan fingerprint density at radius 2 is 2.12 bits per heavy atom. The number of aryl methyl sites for hydroxylation is 1. The van der Waals surface area contributed by atoms with Gasteiger partial charge in [-0.3, -0.25) is 4.79 Å². The molecule has 0 fully saturated rings. The summed E-state index contributed by atoms with van der Waals surface area (Å²) in [6, 6.07) is 5.33. The van der Waals surface area contributed by atoms with Gasteiger partial charge in [-0.1, -0.05) is 0 Å². The van der Waals surface area contributed by atoms with Crippen molar-refractivity contribution in [2.45, 2.75) is 31.8 Å². The van der Waals surface area contributed by atoms with E-state index in [1.165, 1.54) is 24.1 Å². The molecule has 1 unspecified atom stereocenters. The van der Waals surface area contributed by atoms with Crippen LogP contribution in [0.3, 0.4) is 0 Å². The van der Waals surface area contributed by atoms with E-state index in [2.05, 4.69) is 10.3 Å². The van der Waals surface area contributed by atoms with Crippen molar-refractivity contribution in [2.24, 2.45) is 0 Å². The minimum atomic E-state index is -0.926. The van der Waals surface area contributed by atoms with Crippen LogP contribution in [0.2, 0.25) is 0 Å². The number of fused-ring (bicyclic) bond motifs is 2. The molecule has 6 nitrogen and oxygen atoms in total. The van der Waals surface area contributed by atoms with Crippen LogP contribution in [0, 0.1) is 0 Å². The number of carbonyl (C=O) groups is 1. The van der Waals surface area contributed by atoms with E-state index >= 15 is 0 Å². The third kappa shape index (κ3) is 3.13. The lowest BCUT2D eigenvalue weighted by atomic mass is 9.94. The molecule has 4 rings (SSSR count). The first-order valence-electron chi connectivity index (χ1n) is 8.94. The van der Waals surface area contributed by atoms with Crippen LogP contribution in [-0.2, 0) is 17.6 Å². The van der Waals surface area contributed by atoms with Crippen molar-refractivity contribution < 1.29 is 19.7 Å². The Kier molecular flexibility index (Phi) is 4.53. The van der Waals surface area contributed by atoms with Crippen LogP contribution >= 0.6 is 0 Å². The van der Waals surface area contributed by atoms with Gasteiger partial charge < -0.3 is 25.3 Å². The monoisotopic (exact) mass is 354 g/mol. The van der Waals surface area contributed by atoms with Gasteiger partial charge in [0, 0.05) is 28.7 Å². The summed E-state index contributed by atoms with van der Waals surface area (Å²) in [7, 11) is 0. The average molecular weight is 354 g/mol. The molecule has 0 saturated carbocycles. The summed E-state index contributed by atoms with van der Waals surface area (Å²) in [5.41, 5.74) is 5.80. The number of rotatable bonds is 5. The molecule has 0 saturated heterocycles. The fraction of sp³-hybridized carbons (Fsp3) is 0.350. The molecular formula is C20H22N2O4. The second kappa shape index (κ2) is 6.97. The number of H-pyrrole nitrogens is 1. The number of carbonyl (C=O) groups excluding carboxylic acids is 1. The van der Waals surface area contributed by atoms with Gasteiger partial charge in [-0.05, 0) is 61.1 Å². The average Bonchev–Trinajstić information content (AvgIpc) is 3.21. The Labute approximate surface area is 151 Å². The highest BCUT2D eigenvalue weighted by atomic mass is 16.5. The Hall–Kier alpha value is -2.57. The third-order valence-electron chi connectivity index (χ3n) is 4.95. The van der Waals surface area contributed by atoms with Crippen LogP contribution < -0.4 is 10.1 Å². The van der Waals surface area contributed by atoms with Gasteiger partial charge in [0.25, 0.3) is 5.91 Å².